The summed E-state index contributed by atoms with van der Waals surface area (Å²) < 4.78 is 3.31. The van der Waals surface area contributed by atoms with Gasteiger partial charge in [-0.05, 0) is 42.5 Å². The highest BCUT2D eigenvalue weighted by Gasteiger charge is 2.18. The van der Waals surface area contributed by atoms with Gasteiger partial charge in [0.2, 0.25) is 0 Å². The van der Waals surface area contributed by atoms with Crippen LogP contribution in [0.25, 0.3) is 22.3 Å². The molecule has 0 spiro atoms. The van der Waals surface area contributed by atoms with Crippen molar-refractivity contribution < 1.29 is 4.79 Å². The number of benzene rings is 3. The molecule has 0 unspecified atom stereocenters. The van der Waals surface area contributed by atoms with Crippen molar-refractivity contribution in [1.82, 2.24) is 19.6 Å². The first-order valence-corrected chi connectivity index (χ1v) is 10.4. The molecule has 2 heterocycles. The van der Waals surface area contributed by atoms with Crippen molar-refractivity contribution in [2.45, 2.75) is 0 Å². The summed E-state index contributed by atoms with van der Waals surface area (Å²) in [7, 11) is 0. The minimum Gasteiger partial charge on any atom is -0.364 e. The molecule has 0 atom stereocenters. The number of hydrogen-bond donors (Lipinski definition) is 2. The summed E-state index contributed by atoms with van der Waals surface area (Å²) in [4.78, 5) is 12.0. The van der Waals surface area contributed by atoms with Gasteiger partial charge in [-0.2, -0.15) is 10.2 Å². The predicted octanol–water partition coefficient (Wildman–Crippen LogP) is 5.36. The molecule has 0 saturated carbocycles. The number of nitrogens with zero attached hydrogens (tertiary/aromatic N) is 4. The van der Waals surface area contributed by atoms with Crippen LogP contribution in [0.1, 0.15) is 10.5 Å². The highest BCUT2D eigenvalue weighted by Crippen LogP contribution is 2.30. The molecule has 3 aromatic carbocycles. The van der Waals surface area contributed by atoms with Gasteiger partial charge in [-0.1, -0.05) is 47.5 Å². The molecule has 0 bridgehead atoms. The molecule has 0 aliphatic carbocycles. The van der Waals surface area contributed by atoms with Crippen molar-refractivity contribution >= 4 is 51.4 Å². The van der Waals surface area contributed by atoms with Crippen molar-refractivity contribution in [1.29, 1.82) is 0 Å². The number of nitrogens with one attached hydrogen (secondary N) is 1. The molecule has 0 aliphatic rings. The van der Waals surface area contributed by atoms with Gasteiger partial charge in [0.25, 0.3) is 5.91 Å². The third-order valence-electron chi connectivity index (χ3n) is 4.98. The zero-order chi connectivity index (χ0) is 22.2. The second kappa shape index (κ2) is 8.03. The number of carbonyl (C=O) groups is 1. The molecule has 3 N–H and O–H groups in total. The normalized spacial score (nSPS) is 11.1. The molecule has 1 amide bonds. The average molecular weight is 463 g/mol. The van der Waals surface area contributed by atoms with Crippen LogP contribution in [0.5, 0.6) is 0 Å². The lowest BCUT2D eigenvalue weighted by atomic mass is 10.2. The first kappa shape index (κ1) is 20.1. The fourth-order valence-electron chi connectivity index (χ4n) is 3.49. The summed E-state index contributed by atoms with van der Waals surface area (Å²) in [6.07, 6.45) is 3.46. The zero-order valence-electron chi connectivity index (χ0n) is 16.5. The van der Waals surface area contributed by atoms with Gasteiger partial charge < -0.3 is 11.1 Å². The van der Waals surface area contributed by atoms with Crippen LogP contribution in [-0.2, 0) is 0 Å². The van der Waals surface area contributed by atoms with Gasteiger partial charge in [0.1, 0.15) is 5.69 Å². The van der Waals surface area contributed by atoms with E-state index < -0.39 is 5.91 Å². The van der Waals surface area contributed by atoms with Crippen LogP contribution in [0.2, 0.25) is 10.0 Å². The van der Waals surface area contributed by atoms with Gasteiger partial charge in [-0.15, -0.1) is 0 Å². The Labute approximate surface area is 193 Å². The van der Waals surface area contributed by atoms with Crippen molar-refractivity contribution in [2.75, 3.05) is 5.32 Å². The quantitative estimate of drug-likeness (QED) is 0.367. The standard InChI is InChI=1S/C23H16Cl2N6O/c24-17-5-3-6-18(25)22(17)30-13-19(21(29-30)23(26)32)28-15-8-10-16(11-9-15)31-20-7-2-1-4-14(20)12-27-31/h1-13,28H,(H2,26,32). The van der Waals surface area contributed by atoms with Crippen molar-refractivity contribution in [3.05, 3.63) is 94.9 Å². The van der Waals surface area contributed by atoms with E-state index in [-0.39, 0.29) is 5.69 Å². The Bertz CT molecular complexity index is 1440. The molecule has 0 saturated heterocycles. The molecule has 2 aromatic heterocycles. The lowest BCUT2D eigenvalue weighted by Gasteiger charge is -2.08. The van der Waals surface area contributed by atoms with E-state index in [1.807, 2.05) is 59.4 Å². The largest absolute Gasteiger partial charge is 0.364 e. The Morgan fingerprint density at radius 1 is 0.938 bits per heavy atom. The summed E-state index contributed by atoms with van der Waals surface area (Å²) in [5.41, 5.74) is 9.19. The number of rotatable bonds is 5. The van der Waals surface area contributed by atoms with Gasteiger partial charge >= 0.3 is 0 Å². The SMILES string of the molecule is NC(=O)c1nn(-c2c(Cl)cccc2Cl)cc1Nc1ccc(-n2ncc3ccccc32)cc1. The second-order valence-corrected chi connectivity index (χ2v) is 7.87. The number of anilines is 2. The number of carbonyl (C=O) groups excluding carboxylic acids is 1. The molecule has 0 fully saturated rings. The monoisotopic (exact) mass is 462 g/mol. The first-order valence-electron chi connectivity index (χ1n) is 9.65. The Hall–Kier alpha value is -3.81. The zero-order valence-corrected chi connectivity index (χ0v) is 18.0. The minimum atomic E-state index is -0.672. The second-order valence-electron chi connectivity index (χ2n) is 7.06. The van der Waals surface area contributed by atoms with Crippen LogP contribution >= 0.6 is 23.2 Å². The summed E-state index contributed by atoms with van der Waals surface area (Å²) in [6.45, 7) is 0. The number of hydrogen-bond acceptors (Lipinski definition) is 4. The molecule has 9 heteroatoms. The molecule has 7 nitrogen and oxygen atoms in total. The Morgan fingerprint density at radius 3 is 2.38 bits per heavy atom. The smallest absolute Gasteiger partial charge is 0.271 e. The van der Waals surface area contributed by atoms with E-state index in [1.54, 1.807) is 24.4 Å². The number of nitrogens with two attached hydrogens (primary N) is 1. The van der Waals surface area contributed by atoms with E-state index in [4.69, 9.17) is 28.9 Å². The van der Waals surface area contributed by atoms with Crippen LogP contribution in [0, 0.1) is 0 Å². The topological polar surface area (TPSA) is 90.8 Å². The van der Waals surface area contributed by atoms with Gasteiger partial charge in [-0.3, -0.25) is 4.79 Å². The molecule has 0 radical (unpaired) electrons. The molecule has 0 aliphatic heterocycles. The Kier molecular flexibility index (Phi) is 5.05. The highest BCUT2D eigenvalue weighted by atomic mass is 35.5. The molecular weight excluding hydrogens is 447 g/mol. The summed E-state index contributed by atoms with van der Waals surface area (Å²) in [5.74, 6) is -0.672. The third kappa shape index (κ3) is 3.57. The lowest BCUT2D eigenvalue weighted by Crippen LogP contribution is -2.14. The molecule has 32 heavy (non-hydrogen) atoms. The van der Waals surface area contributed by atoms with E-state index >= 15 is 0 Å². The fourth-order valence-corrected chi connectivity index (χ4v) is 4.06. The molecule has 158 valence electrons. The number of aromatic nitrogens is 4. The van der Waals surface area contributed by atoms with Crippen LogP contribution in [-0.4, -0.2) is 25.5 Å². The minimum absolute atomic E-state index is 0.0723. The number of primary amides is 1. The van der Waals surface area contributed by atoms with Gasteiger partial charge in [0.15, 0.2) is 5.69 Å². The van der Waals surface area contributed by atoms with Crippen LogP contribution in [0.3, 0.4) is 0 Å². The van der Waals surface area contributed by atoms with E-state index in [2.05, 4.69) is 15.5 Å². The maximum Gasteiger partial charge on any atom is 0.271 e. The fraction of sp³-hybridized carbons (Fsp3) is 0. The number of fused-ring (bicyclic) bond motifs is 1. The summed E-state index contributed by atoms with van der Waals surface area (Å²) >= 11 is 12.6. The highest BCUT2D eigenvalue weighted by molar-refractivity contribution is 6.37. The summed E-state index contributed by atoms with van der Waals surface area (Å²) in [5, 5.41) is 13.8. The Morgan fingerprint density at radius 2 is 1.66 bits per heavy atom. The predicted molar refractivity (Wildman–Crippen MR) is 126 cm³/mol. The van der Waals surface area contributed by atoms with E-state index in [1.165, 1.54) is 4.68 Å². The first-order chi connectivity index (χ1) is 15.5. The third-order valence-corrected chi connectivity index (χ3v) is 5.59. The average Bonchev–Trinajstić information content (AvgIpc) is 3.39. The van der Waals surface area contributed by atoms with Crippen LogP contribution in [0.4, 0.5) is 11.4 Å². The molecule has 5 rings (SSSR count). The number of para-hydroxylation sites is 2. The van der Waals surface area contributed by atoms with Crippen molar-refractivity contribution in [3.8, 4) is 11.4 Å². The molecule has 5 aromatic rings. The summed E-state index contributed by atoms with van der Waals surface area (Å²) in [6, 6.07) is 20.7. The van der Waals surface area contributed by atoms with Crippen LogP contribution < -0.4 is 11.1 Å². The molecular formula is C23H16Cl2N6O. The van der Waals surface area contributed by atoms with Gasteiger partial charge in [0, 0.05) is 11.1 Å². The van der Waals surface area contributed by atoms with Gasteiger partial charge in [-0.25, -0.2) is 9.36 Å². The van der Waals surface area contributed by atoms with E-state index in [9.17, 15) is 4.79 Å². The maximum atomic E-state index is 12.0. The number of amides is 1. The van der Waals surface area contributed by atoms with E-state index in [0.29, 0.717) is 21.4 Å². The van der Waals surface area contributed by atoms with E-state index in [0.717, 1.165) is 22.3 Å². The lowest BCUT2D eigenvalue weighted by molar-refractivity contribution is 0.0996. The maximum absolute atomic E-state index is 12.0. The van der Waals surface area contributed by atoms with Crippen molar-refractivity contribution in [3.63, 3.8) is 0 Å². The van der Waals surface area contributed by atoms with Gasteiger partial charge in [0.05, 0.1) is 39.3 Å². The number of halogens is 2. The van der Waals surface area contributed by atoms with Crippen LogP contribution in [0.15, 0.2) is 79.1 Å². The Balaban J connectivity index is 1.47. The van der Waals surface area contributed by atoms with Crippen molar-refractivity contribution in [2.24, 2.45) is 5.73 Å².